The molecule has 82 valence electrons. The van der Waals surface area contributed by atoms with E-state index in [0.717, 1.165) is 0 Å². The van der Waals surface area contributed by atoms with E-state index < -0.39 is 0 Å². The molecule has 0 aromatic carbocycles. The Kier molecular flexibility index (Phi) is 6.12. The van der Waals surface area contributed by atoms with Gasteiger partial charge in [0.25, 0.3) is 0 Å². The highest BCUT2D eigenvalue weighted by Crippen LogP contribution is 2.05. The van der Waals surface area contributed by atoms with E-state index in [1.807, 2.05) is 13.8 Å². The Morgan fingerprint density at radius 1 is 1.36 bits per heavy atom. The van der Waals surface area contributed by atoms with E-state index in [9.17, 15) is 9.59 Å². The number of nitrogens with one attached hydrogen (secondary N) is 1. The van der Waals surface area contributed by atoms with Crippen LogP contribution < -0.4 is 5.32 Å². The molecule has 0 bridgehead atoms. The molecule has 0 saturated carbocycles. The predicted octanol–water partition coefficient (Wildman–Crippen LogP) is 0.489. The fraction of sp³-hybridized carbons (Fsp3) is 0.800. The van der Waals surface area contributed by atoms with Gasteiger partial charge < -0.3 is 10.4 Å². The van der Waals surface area contributed by atoms with Crippen molar-refractivity contribution >= 4 is 11.7 Å². The van der Waals surface area contributed by atoms with Crippen LogP contribution >= 0.6 is 0 Å². The highest BCUT2D eigenvalue weighted by molar-refractivity contribution is 5.96. The van der Waals surface area contributed by atoms with Gasteiger partial charge in [0, 0.05) is 12.6 Å². The van der Waals surface area contributed by atoms with Crippen LogP contribution in [0, 0.1) is 5.92 Å². The molecule has 0 fully saturated rings. The van der Waals surface area contributed by atoms with Crippen LogP contribution in [0.25, 0.3) is 0 Å². The molecule has 0 rings (SSSR count). The summed E-state index contributed by atoms with van der Waals surface area (Å²) in [5.74, 6) is -0.142. The summed E-state index contributed by atoms with van der Waals surface area (Å²) < 4.78 is 0. The van der Waals surface area contributed by atoms with Gasteiger partial charge in [-0.05, 0) is 19.3 Å². The summed E-state index contributed by atoms with van der Waals surface area (Å²) in [6.07, 6.45) is 0.454. The molecular formula is C10H19NO3. The molecule has 4 nitrogen and oxygen atoms in total. The molecule has 0 heterocycles. The second-order valence-electron chi connectivity index (χ2n) is 3.81. The lowest BCUT2D eigenvalue weighted by molar-refractivity contribution is -0.127. The van der Waals surface area contributed by atoms with E-state index in [0.29, 0.717) is 6.42 Å². The fourth-order valence-electron chi connectivity index (χ4n) is 1.20. The smallest absolute Gasteiger partial charge is 0.227 e. The predicted molar refractivity (Wildman–Crippen MR) is 53.8 cm³/mol. The van der Waals surface area contributed by atoms with E-state index in [-0.39, 0.29) is 36.7 Å². The van der Waals surface area contributed by atoms with Crippen molar-refractivity contribution in [2.24, 2.45) is 5.92 Å². The van der Waals surface area contributed by atoms with E-state index in [4.69, 9.17) is 5.11 Å². The van der Waals surface area contributed by atoms with Crippen LogP contribution in [0.4, 0.5) is 0 Å². The Morgan fingerprint density at radius 2 is 1.93 bits per heavy atom. The molecule has 0 spiro atoms. The molecule has 0 aliphatic rings. The Morgan fingerprint density at radius 3 is 2.29 bits per heavy atom. The number of hydrogen-bond acceptors (Lipinski definition) is 3. The number of rotatable bonds is 6. The maximum atomic E-state index is 11.2. The summed E-state index contributed by atoms with van der Waals surface area (Å²) in [7, 11) is 0. The minimum atomic E-state index is -0.260. The van der Waals surface area contributed by atoms with Crippen LogP contribution in [0.5, 0.6) is 0 Å². The van der Waals surface area contributed by atoms with Gasteiger partial charge in [0.05, 0.1) is 6.42 Å². The molecule has 0 saturated heterocycles. The number of carbonyl (C=O) groups is 2. The Hall–Kier alpha value is -0.900. The molecule has 0 aromatic heterocycles. The Labute approximate surface area is 84.7 Å². The summed E-state index contributed by atoms with van der Waals surface area (Å²) in [6.45, 7) is 5.36. The topological polar surface area (TPSA) is 66.4 Å². The average molecular weight is 201 g/mol. The largest absolute Gasteiger partial charge is 0.396 e. The summed E-state index contributed by atoms with van der Waals surface area (Å²) in [6, 6.07) is -0.0492. The van der Waals surface area contributed by atoms with Crippen molar-refractivity contribution in [3.8, 4) is 0 Å². The number of ketones is 1. The van der Waals surface area contributed by atoms with Gasteiger partial charge >= 0.3 is 0 Å². The number of aliphatic hydroxyl groups excluding tert-OH is 1. The first-order valence-corrected chi connectivity index (χ1v) is 4.87. The molecule has 0 aliphatic carbocycles. The molecule has 4 heteroatoms. The zero-order chi connectivity index (χ0) is 11.1. The first-order chi connectivity index (χ1) is 6.47. The summed E-state index contributed by atoms with van der Waals surface area (Å²) in [4.78, 5) is 21.9. The first-order valence-electron chi connectivity index (χ1n) is 4.87. The molecule has 1 atom stereocenters. The van der Waals surface area contributed by atoms with Gasteiger partial charge in [-0.25, -0.2) is 0 Å². The minimum Gasteiger partial charge on any atom is -0.396 e. The van der Waals surface area contributed by atoms with Crippen LogP contribution in [0.15, 0.2) is 0 Å². The zero-order valence-corrected chi connectivity index (χ0v) is 9.04. The minimum absolute atomic E-state index is 0.0448. The number of hydrogen-bond donors (Lipinski definition) is 2. The van der Waals surface area contributed by atoms with Gasteiger partial charge in [-0.1, -0.05) is 13.8 Å². The van der Waals surface area contributed by atoms with Crippen molar-refractivity contribution in [3.63, 3.8) is 0 Å². The van der Waals surface area contributed by atoms with Gasteiger partial charge in [-0.3, -0.25) is 9.59 Å². The highest BCUT2D eigenvalue weighted by atomic mass is 16.3. The molecule has 0 radical (unpaired) electrons. The van der Waals surface area contributed by atoms with E-state index in [1.165, 1.54) is 6.92 Å². The summed E-state index contributed by atoms with van der Waals surface area (Å²) in [5.41, 5.74) is 0. The Bertz CT molecular complexity index is 202. The maximum Gasteiger partial charge on any atom is 0.227 e. The van der Waals surface area contributed by atoms with Gasteiger partial charge in [-0.2, -0.15) is 0 Å². The SMILES string of the molecule is CC(=O)CC(=O)NC(CCO)C(C)C. The monoisotopic (exact) mass is 201 g/mol. The van der Waals surface area contributed by atoms with Crippen molar-refractivity contribution in [1.82, 2.24) is 5.32 Å². The third-order valence-electron chi connectivity index (χ3n) is 2.00. The van der Waals surface area contributed by atoms with Crippen molar-refractivity contribution in [3.05, 3.63) is 0 Å². The quantitative estimate of drug-likeness (QED) is 0.614. The Balaban J connectivity index is 4.02. The lowest BCUT2D eigenvalue weighted by atomic mass is 10.0. The van der Waals surface area contributed by atoms with Gasteiger partial charge in [0.15, 0.2) is 0 Å². The van der Waals surface area contributed by atoms with Gasteiger partial charge in [-0.15, -0.1) is 0 Å². The van der Waals surface area contributed by atoms with Gasteiger partial charge in [0.1, 0.15) is 5.78 Å². The normalized spacial score (nSPS) is 12.6. The van der Waals surface area contributed by atoms with Crippen LogP contribution in [0.2, 0.25) is 0 Å². The van der Waals surface area contributed by atoms with Gasteiger partial charge in [0.2, 0.25) is 5.91 Å². The van der Waals surface area contributed by atoms with Crippen molar-refractivity contribution in [2.75, 3.05) is 6.61 Å². The molecule has 0 aromatic rings. The van der Waals surface area contributed by atoms with E-state index in [2.05, 4.69) is 5.32 Å². The highest BCUT2D eigenvalue weighted by Gasteiger charge is 2.15. The van der Waals surface area contributed by atoms with Crippen LogP contribution in [-0.4, -0.2) is 29.4 Å². The van der Waals surface area contributed by atoms with Crippen molar-refractivity contribution < 1.29 is 14.7 Å². The third kappa shape index (κ3) is 5.70. The summed E-state index contributed by atoms with van der Waals surface area (Å²) in [5, 5.41) is 11.5. The van der Waals surface area contributed by atoms with Crippen LogP contribution in [0.1, 0.15) is 33.6 Å². The molecule has 2 N–H and O–H groups in total. The molecule has 14 heavy (non-hydrogen) atoms. The zero-order valence-electron chi connectivity index (χ0n) is 9.04. The number of aliphatic hydroxyl groups is 1. The van der Waals surface area contributed by atoms with E-state index >= 15 is 0 Å². The second kappa shape index (κ2) is 6.54. The van der Waals surface area contributed by atoms with E-state index in [1.54, 1.807) is 0 Å². The number of amides is 1. The third-order valence-corrected chi connectivity index (χ3v) is 2.00. The maximum absolute atomic E-state index is 11.2. The second-order valence-corrected chi connectivity index (χ2v) is 3.81. The molecule has 1 unspecified atom stereocenters. The molecule has 1 amide bonds. The fourth-order valence-corrected chi connectivity index (χ4v) is 1.20. The van der Waals surface area contributed by atoms with Crippen molar-refractivity contribution in [2.45, 2.75) is 39.7 Å². The summed E-state index contributed by atoms with van der Waals surface area (Å²) >= 11 is 0. The van der Waals surface area contributed by atoms with Crippen LogP contribution in [-0.2, 0) is 9.59 Å². The average Bonchev–Trinajstić information content (AvgIpc) is 2.01. The van der Waals surface area contributed by atoms with Crippen molar-refractivity contribution in [1.29, 1.82) is 0 Å². The number of Topliss-reactive ketones (excluding diaryl/α,β-unsaturated/α-hetero) is 1. The number of carbonyl (C=O) groups excluding carboxylic acids is 2. The lowest BCUT2D eigenvalue weighted by Gasteiger charge is -2.21. The molecular weight excluding hydrogens is 182 g/mol. The standard InChI is InChI=1S/C10H19NO3/c1-7(2)9(4-5-12)11-10(14)6-8(3)13/h7,9,12H,4-6H2,1-3H3,(H,11,14). The molecule has 0 aliphatic heterocycles. The van der Waals surface area contributed by atoms with Crippen LogP contribution in [0.3, 0.4) is 0 Å². The lowest BCUT2D eigenvalue weighted by Crippen LogP contribution is -2.39. The first kappa shape index (κ1) is 13.1.